The number of carbonyl (C=O) groups excluding carboxylic acids is 1. The lowest BCUT2D eigenvalue weighted by Crippen LogP contribution is -2.15. The van der Waals surface area contributed by atoms with Crippen molar-refractivity contribution in [3.8, 4) is 6.07 Å². The highest BCUT2D eigenvalue weighted by molar-refractivity contribution is 8.00. The first kappa shape index (κ1) is 16.4. The molecule has 0 aliphatic carbocycles. The number of amides is 1. The van der Waals surface area contributed by atoms with E-state index in [0.717, 1.165) is 10.6 Å². The predicted octanol–water partition coefficient (Wildman–Crippen LogP) is 2.93. The van der Waals surface area contributed by atoms with E-state index in [0.29, 0.717) is 11.6 Å². The minimum absolute atomic E-state index is 0.109. The third-order valence-electron chi connectivity index (χ3n) is 2.60. The van der Waals surface area contributed by atoms with Crippen LogP contribution in [0.25, 0.3) is 0 Å². The first-order valence-electron chi connectivity index (χ1n) is 6.59. The molecule has 0 fully saturated rings. The average molecular weight is 333 g/mol. The zero-order chi connectivity index (χ0) is 15.8. The summed E-state index contributed by atoms with van der Waals surface area (Å²) in [6.07, 6.45) is 1.87. The Hall–Kier alpha value is -1.98. The van der Waals surface area contributed by atoms with Crippen LogP contribution in [0.15, 0.2) is 40.6 Å². The van der Waals surface area contributed by atoms with Crippen LogP contribution in [0.4, 0.5) is 5.69 Å². The van der Waals surface area contributed by atoms with E-state index in [1.165, 1.54) is 18.1 Å². The summed E-state index contributed by atoms with van der Waals surface area (Å²) in [5.41, 5.74) is 0.764. The molecule has 1 aromatic heterocycles. The zero-order valence-electron chi connectivity index (χ0n) is 11.9. The molecule has 0 saturated heterocycles. The number of nitrogens with one attached hydrogen (secondary N) is 2. The molecule has 1 amide bonds. The fourth-order valence-electron chi connectivity index (χ4n) is 1.64. The lowest BCUT2D eigenvalue weighted by atomic mass is 10.3. The fraction of sp³-hybridized carbons (Fsp3) is 0.286. The number of hydrogen-bond acceptors (Lipinski definition) is 6. The Labute approximate surface area is 137 Å². The number of hydrogen-bond donors (Lipinski definition) is 2. The number of nitrogens with zero attached hydrogens (tertiary/aromatic N) is 3. The fourth-order valence-corrected chi connectivity index (χ4v) is 3.22. The molecular formula is C14H15N5OS2. The molecule has 2 N–H and O–H groups in total. The van der Waals surface area contributed by atoms with Crippen LogP contribution in [0, 0.1) is 11.3 Å². The second-order valence-electron chi connectivity index (χ2n) is 4.41. The van der Waals surface area contributed by atoms with Gasteiger partial charge in [0.15, 0.2) is 5.16 Å². The van der Waals surface area contributed by atoms with E-state index in [9.17, 15) is 4.79 Å². The van der Waals surface area contributed by atoms with Crippen molar-refractivity contribution in [1.29, 1.82) is 5.26 Å². The number of H-pyrrole nitrogens is 1. The summed E-state index contributed by atoms with van der Waals surface area (Å²) in [5, 5.41) is 18.8. The lowest BCUT2D eigenvalue weighted by molar-refractivity contribution is -0.113. The molecule has 0 saturated carbocycles. The molecule has 114 valence electrons. The van der Waals surface area contributed by atoms with Gasteiger partial charge in [0, 0.05) is 16.6 Å². The maximum atomic E-state index is 12.0. The Balaban J connectivity index is 1.94. The van der Waals surface area contributed by atoms with Crippen LogP contribution < -0.4 is 5.32 Å². The Morgan fingerprint density at radius 3 is 3.05 bits per heavy atom. The van der Waals surface area contributed by atoms with Crippen LogP contribution in [0.1, 0.15) is 13.3 Å². The van der Waals surface area contributed by atoms with Gasteiger partial charge < -0.3 is 5.32 Å². The van der Waals surface area contributed by atoms with Gasteiger partial charge in [0.1, 0.15) is 6.33 Å². The van der Waals surface area contributed by atoms with Crippen molar-refractivity contribution >= 4 is 35.1 Å². The van der Waals surface area contributed by atoms with Crippen LogP contribution in [0.5, 0.6) is 0 Å². The highest BCUT2D eigenvalue weighted by Crippen LogP contribution is 2.31. The van der Waals surface area contributed by atoms with Crippen LogP contribution in [0.2, 0.25) is 0 Å². The number of carbonyl (C=O) groups is 1. The number of thioether (sulfide) groups is 2. The number of benzene rings is 1. The van der Waals surface area contributed by atoms with Crippen molar-refractivity contribution in [2.75, 3.05) is 11.1 Å². The normalized spacial score (nSPS) is 11.6. The number of nitriles is 1. The van der Waals surface area contributed by atoms with Crippen molar-refractivity contribution in [2.45, 2.75) is 28.6 Å². The highest BCUT2D eigenvalue weighted by Gasteiger charge is 2.11. The second kappa shape index (κ2) is 8.46. The van der Waals surface area contributed by atoms with Gasteiger partial charge in [-0.1, -0.05) is 30.8 Å². The number of anilines is 1. The topological polar surface area (TPSA) is 94.5 Å². The highest BCUT2D eigenvalue weighted by atomic mass is 32.2. The van der Waals surface area contributed by atoms with Crippen molar-refractivity contribution in [2.24, 2.45) is 0 Å². The van der Waals surface area contributed by atoms with Crippen LogP contribution in [-0.4, -0.2) is 32.1 Å². The Bertz CT molecular complexity index is 654. The van der Waals surface area contributed by atoms with E-state index >= 15 is 0 Å². The molecule has 0 bridgehead atoms. The van der Waals surface area contributed by atoms with E-state index in [1.807, 2.05) is 31.2 Å². The first-order valence-corrected chi connectivity index (χ1v) is 8.46. The second-order valence-corrected chi connectivity index (χ2v) is 6.86. The van der Waals surface area contributed by atoms with Crippen LogP contribution in [-0.2, 0) is 4.79 Å². The molecule has 1 aromatic carbocycles. The molecule has 0 unspecified atom stereocenters. The largest absolute Gasteiger partial charge is 0.324 e. The summed E-state index contributed by atoms with van der Waals surface area (Å²) >= 11 is 2.87. The summed E-state index contributed by atoms with van der Waals surface area (Å²) in [5.74, 6) is 0.143. The van der Waals surface area contributed by atoms with Gasteiger partial charge in [-0.3, -0.25) is 9.89 Å². The van der Waals surface area contributed by atoms with Gasteiger partial charge in [-0.25, -0.2) is 4.98 Å². The van der Waals surface area contributed by atoms with Gasteiger partial charge in [-0.2, -0.15) is 10.4 Å². The van der Waals surface area contributed by atoms with Crippen molar-refractivity contribution in [3.63, 3.8) is 0 Å². The first-order chi connectivity index (χ1) is 10.7. The van der Waals surface area contributed by atoms with Crippen molar-refractivity contribution in [3.05, 3.63) is 30.6 Å². The number of rotatable bonds is 7. The smallest absolute Gasteiger partial charge is 0.234 e. The number of aromatic nitrogens is 3. The maximum Gasteiger partial charge on any atom is 0.234 e. The Morgan fingerprint density at radius 1 is 1.50 bits per heavy atom. The maximum absolute atomic E-state index is 12.0. The molecule has 0 aliphatic heterocycles. The predicted molar refractivity (Wildman–Crippen MR) is 87.7 cm³/mol. The summed E-state index contributed by atoms with van der Waals surface area (Å²) in [6.45, 7) is 1.99. The van der Waals surface area contributed by atoms with E-state index in [1.54, 1.807) is 11.8 Å². The molecule has 2 aromatic rings. The molecule has 1 atom stereocenters. The van der Waals surface area contributed by atoms with Gasteiger partial charge in [0.2, 0.25) is 5.91 Å². The molecule has 0 aliphatic rings. The Kier molecular flexibility index (Phi) is 6.30. The molecule has 22 heavy (non-hydrogen) atoms. The van der Waals surface area contributed by atoms with Gasteiger partial charge in [-0.05, 0) is 12.1 Å². The summed E-state index contributed by atoms with van der Waals surface area (Å²) in [6, 6.07) is 9.75. The zero-order valence-corrected chi connectivity index (χ0v) is 13.6. The molecule has 6 nitrogen and oxygen atoms in total. The van der Waals surface area contributed by atoms with Crippen molar-refractivity contribution < 1.29 is 4.79 Å². The number of para-hydroxylation sites is 1. The summed E-state index contributed by atoms with van der Waals surface area (Å²) in [7, 11) is 0. The summed E-state index contributed by atoms with van der Waals surface area (Å²) in [4.78, 5) is 16.9. The lowest BCUT2D eigenvalue weighted by Gasteiger charge is -2.13. The average Bonchev–Trinajstić information content (AvgIpc) is 3.01. The quantitative estimate of drug-likeness (QED) is 0.757. The van der Waals surface area contributed by atoms with E-state index in [4.69, 9.17) is 5.26 Å². The van der Waals surface area contributed by atoms with E-state index in [2.05, 4.69) is 26.6 Å². The number of aromatic amines is 1. The van der Waals surface area contributed by atoms with Gasteiger partial charge in [-0.15, -0.1) is 11.8 Å². The molecular weight excluding hydrogens is 318 g/mol. The minimum Gasteiger partial charge on any atom is -0.324 e. The third-order valence-corrected chi connectivity index (χ3v) is 4.66. The van der Waals surface area contributed by atoms with Crippen LogP contribution in [0.3, 0.4) is 0 Å². The van der Waals surface area contributed by atoms with Gasteiger partial charge in [0.25, 0.3) is 0 Å². The molecule has 2 rings (SSSR count). The van der Waals surface area contributed by atoms with E-state index in [-0.39, 0.29) is 16.9 Å². The third kappa shape index (κ3) is 5.09. The monoisotopic (exact) mass is 333 g/mol. The SMILES string of the molecule is C[C@H](CC#N)Sc1ccccc1NC(=O)CSc1ncn[nH]1. The van der Waals surface area contributed by atoms with E-state index < -0.39 is 0 Å². The van der Waals surface area contributed by atoms with Gasteiger partial charge >= 0.3 is 0 Å². The standard InChI is InChI=1S/C14H15N5OS2/c1-10(6-7-15)22-12-5-3-2-4-11(12)18-13(20)8-21-14-16-9-17-19-14/h2-5,9-10H,6,8H2,1H3,(H,18,20)(H,16,17,19)/t10-/m1/s1. The van der Waals surface area contributed by atoms with Crippen molar-refractivity contribution in [1.82, 2.24) is 15.2 Å². The Morgan fingerprint density at radius 2 is 2.32 bits per heavy atom. The van der Waals surface area contributed by atoms with Crippen LogP contribution >= 0.6 is 23.5 Å². The molecule has 8 heteroatoms. The molecule has 0 radical (unpaired) electrons. The molecule has 0 spiro atoms. The molecule has 1 heterocycles. The van der Waals surface area contributed by atoms with Gasteiger partial charge in [0.05, 0.1) is 17.5 Å². The minimum atomic E-state index is -0.109. The summed E-state index contributed by atoms with van der Waals surface area (Å²) < 4.78 is 0.